The monoisotopic (exact) mass is 301 g/mol. The van der Waals surface area contributed by atoms with Crippen LogP contribution in [0.25, 0.3) is 6.08 Å². The van der Waals surface area contributed by atoms with E-state index < -0.39 is 10.7 Å². The molecule has 0 aliphatic carbocycles. The molecule has 1 rings (SSSR count). The van der Waals surface area contributed by atoms with E-state index >= 15 is 0 Å². The normalized spacial score (nSPS) is 11.9. The Morgan fingerprint density at radius 1 is 1.59 bits per heavy atom. The third kappa shape index (κ3) is 4.26. The Morgan fingerprint density at radius 3 is 2.71 bits per heavy atom. The van der Waals surface area contributed by atoms with E-state index in [-0.39, 0.29) is 11.6 Å². The SMILES string of the molecule is CC(C)C/C(=C/c1ccc(Br)c(F)c1)[N+](=O)[O-]. The van der Waals surface area contributed by atoms with E-state index in [1.165, 1.54) is 18.2 Å². The molecule has 0 spiro atoms. The molecule has 0 heterocycles. The maximum atomic E-state index is 13.2. The molecule has 17 heavy (non-hydrogen) atoms. The Morgan fingerprint density at radius 2 is 2.24 bits per heavy atom. The van der Waals surface area contributed by atoms with Gasteiger partial charge in [0.2, 0.25) is 5.70 Å². The summed E-state index contributed by atoms with van der Waals surface area (Å²) in [4.78, 5) is 10.4. The lowest BCUT2D eigenvalue weighted by atomic mass is 10.1. The molecule has 92 valence electrons. The summed E-state index contributed by atoms with van der Waals surface area (Å²) >= 11 is 3.04. The molecular weight excluding hydrogens is 289 g/mol. The summed E-state index contributed by atoms with van der Waals surface area (Å²) < 4.78 is 13.6. The Bertz CT molecular complexity index is 458. The predicted octanol–water partition coefficient (Wildman–Crippen LogP) is 4.25. The lowest BCUT2D eigenvalue weighted by Crippen LogP contribution is -2.02. The molecule has 0 atom stereocenters. The minimum atomic E-state index is -0.425. The number of hydrogen-bond acceptors (Lipinski definition) is 2. The standard InChI is InChI=1S/C12H13BrFNO2/c1-8(2)5-10(15(16)17)6-9-3-4-11(13)12(14)7-9/h3-4,6-8H,5H2,1-2H3/b10-6-. The van der Waals surface area contributed by atoms with E-state index in [0.29, 0.717) is 16.5 Å². The predicted molar refractivity (Wildman–Crippen MR) is 68.5 cm³/mol. The molecule has 0 fully saturated rings. The molecule has 0 unspecified atom stereocenters. The molecule has 0 saturated carbocycles. The number of rotatable bonds is 4. The van der Waals surface area contributed by atoms with Crippen molar-refractivity contribution in [2.24, 2.45) is 5.92 Å². The van der Waals surface area contributed by atoms with Gasteiger partial charge in [-0.1, -0.05) is 19.9 Å². The van der Waals surface area contributed by atoms with Crippen LogP contribution in [0, 0.1) is 21.8 Å². The topological polar surface area (TPSA) is 43.1 Å². The molecule has 0 amide bonds. The van der Waals surface area contributed by atoms with Gasteiger partial charge in [-0.3, -0.25) is 10.1 Å². The first-order valence-electron chi connectivity index (χ1n) is 5.20. The summed E-state index contributed by atoms with van der Waals surface area (Å²) in [7, 11) is 0. The molecule has 0 bridgehead atoms. The highest BCUT2D eigenvalue weighted by Crippen LogP contribution is 2.20. The lowest BCUT2D eigenvalue weighted by Gasteiger charge is -2.02. The molecule has 0 aromatic heterocycles. The van der Waals surface area contributed by atoms with Crippen LogP contribution < -0.4 is 0 Å². The average Bonchev–Trinajstić information content (AvgIpc) is 2.21. The average molecular weight is 302 g/mol. The zero-order valence-corrected chi connectivity index (χ0v) is 11.2. The van der Waals surface area contributed by atoms with Crippen LogP contribution in [0.1, 0.15) is 25.8 Å². The lowest BCUT2D eigenvalue weighted by molar-refractivity contribution is -0.427. The number of nitro groups is 1. The molecule has 3 nitrogen and oxygen atoms in total. The van der Waals surface area contributed by atoms with E-state index in [2.05, 4.69) is 15.9 Å². The molecule has 0 aliphatic heterocycles. The van der Waals surface area contributed by atoms with Gasteiger partial charge < -0.3 is 0 Å². The van der Waals surface area contributed by atoms with E-state index in [0.717, 1.165) is 0 Å². The largest absolute Gasteiger partial charge is 0.259 e. The third-order valence-corrected chi connectivity index (χ3v) is 2.77. The van der Waals surface area contributed by atoms with E-state index in [4.69, 9.17) is 0 Å². The first-order valence-corrected chi connectivity index (χ1v) is 5.99. The second-order valence-corrected chi connectivity index (χ2v) is 5.02. The Labute approximate surface area is 108 Å². The second-order valence-electron chi connectivity index (χ2n) is 4.16. The van der Waals surface area contributed by atoms with Crippen molar-refractivity contribution in [3.05, 3.63) is 49.9 Å². The Kier molecular flexibility index (Phi) is 4.81. The van der Waals surface area contributed by atoms with Crippen molar-refractivity contribution in [3.8, 4) is 0 Å². The van der Waals surface area contributed by atoms with Crippen LogP contribution in [-0.4, -0.2) is 4.92 Å². The van der Waals surface area contributed by atoms with Gasteiger partial charge in [0.05, 0.1) is 9.40 Å². The zero-order valence-electron chi connectivity index (χ0n) is 9.61. The van der Waals surface area contributed by atoms with Crippen LogP contribution >= 0.6 is 15.9 Å². The van der Waals surface area contributed by atoms with Crippen molar-refractivity contribution in [2.45, 2.75) is 20.3 Å². The molecule has 5 heteroatoms. The Hall–Kier alpha value is -1.23. The van der Waals surface area contributed by atoms with Gasteiger partial charge in [-0.2, -0.15) is 0 Å². The fourth-order valence-electron chi connectivity index (χ4n) is 1.40. The van der Waals surface area contributed by atoms with E-state index in [9.17, 15) is 14.5 Å². The first-order chi connectivity index (χ1) is 7.90. The number of benzene rings is 1. The minimum Gasteiger partial charge on any atom is -0.259 e. The van der Waals surface area contributed by atoms with Gasteiger partial charge in [-0.25, -0.2) is 4.39 Å². The van der Waals surface area contributed by atoms with Crippen molar-refractivity contribution in [1.82, 2.24) is 0 Å². The highest BCUT2D eigenvalue weighted by atomic mass is 79.9. The summed E-state index contributed by atoms with van der Waals surface area (Å²) in [6.07, 6.45) is 1.78. The van der Waals surface area contributed by atoms with Crippen molar-refractivity contribution in [3.63, 3.8) is 0 Å². The molecular formula is C12H13BrFNO2. The second kappa shape index (κ2) is 5.91. The quantitative estimate of drug-likeness (QED) is 0.616. The van der Waals surface area contributed by atoms with Crippen LogP contribution in [0.2, 0.25) is 0 Å². The van der Waals surface area contributed by atoms with Crippen molar-refractivity contribution in [2.75, 3.05) is 0 Å². The maximum Gasteiger partial charge on any atom is 0.247 e. The Balaban J connectivity index is 3.04. The fourth-order valence-corrected chi connectivity index (χ4v) is 1.65. The van der Waals surface area contributed by atoms with Crippen LogP contribution in [0.15, 0.2) is 28.4 Å². The molecule has 0 aliphatic rings. The van der Waals surface area contributed by atoms with E-state index in [1.807, 2.05) is 13.8 Å². The summed E-state index contributed by atoms with van der Waals surface area (Å²) in [5.41, 5.74) is 0.597. The van der Waals surface area contributed by atoms with Crippen molar-refractivity contribution >= 4 is 22.0 Å². The van der Waals surface area contributed by atoms with Gasteiger partial charge in [-0.05, 0) is 39.5 Å². The van der Waals surface area contributed by atoms with Crippen LogP contribution in [-0.2, 0) is 0 Å². The van der Waals surface area contributed by atoms with Gasteiger partial charge in [0.1, 0.15) is 5.82 Å². The fraction of sp³-hybridized carbons (Fsp3) is 0.333. The summed E-state index contributed by atoms with van der Waals surface area (Å²) in [5.74, 6) is -0.238. The molecule has 0 radical (unpaired) electrons. The van der Waals surface area contributed by atoms with Crippen LogP contribution in [0.5, 0.6) is 0 Å². The summed E-state index contributed by atoms with van der Waals surface area (Å²) in [6, 6.07) is 4.44. The number of nitrogens with zero attached hydrogens (tertiary/aromatic N) is 1. The summed E-state index contributed by atoms with van der Waals surface area (Å²) in [6.45, 7) is 3.80. The van der Waals surface area contributed by atoms with Crippen molar-refractivity contribution < 1.29 is 9.31 Å². The minimum absolute atomic E-state index is 0.0988. The van der Waals surface area contributed by atoms with E-state index in [1.54, 1.807) is 6.07 Å². The number of allylic oxidation sites excluding steroid dienone is 1. The van der Waals surface area contributed by atoms with Crippen LogP contribution in [0.3, 0.4) is 0 Å². The zero-order chi connectivity index (χ0) is 13.0. The van der Waals surface area contributed by atoms with Gasteiger partial charge in [0.15, 0.2) is 0 Å². The van der Waals surface area contributed by atoms with Gasteiger partial charge in [-0.15, -0.1) is 0 Å². The molecule has 1 aromatic rings. The molecule has 1 aromatic carbocycles. The van der Waals surface area contributed by atoms with Gasteiger partial charge in [0, 0.05) is 12.5 Å². The molecule has 0 saturated heterocycles. The van der Waals surface area contributed by atoms with Gasteiger partial charge in [0.25, 0.3) is 0 Å². The molecule has 0 N–H and O–H groups in total. The maximum absolute atomic E-state index is 13.2. The highest BCUT2D eigenvalue weighted by Gasteiger charge is 2.13. The van der Waals surface area contributed by atoms with Gasteiger partial charge >= 0.3 is 0 Å². The highest BCUT2D eigenvalue weighted by molar-refractivity contribution is 9.10. The number of hydrogen-bond donors (Lipinski definition) is 0. The van der Waals surface area contributed by atoms with Crippen LogP contribution in [0.4, 0.5) is 4.39 Å². The smallest absolute Gasteiger partial charge is 0.247 e. The number of halogens is 2. The van der Waals surface area contributed by atoms with Crippen molar-refractivity contribution in [1.29, 1.82) is 0 Å². The third-order valence-electron chi connectivity index (χ3n) is 2.13. The first kappa shape index (κ1) is 13.8. The summed E-state index contributed by atoms with van der Waals surface area (Å²) in [5, 5.41) is 10.8.